The van der Waals surface area contributed by atoms with E-state index in [4.69, 9.17) is 9.47 Å². The van der Waals surface area contributed by atoms with Crippen molar-refractivity contribution in [3.8, 4) is 17.2 Å². The molecule has 2 aromatic rings. The van der Waals surface area contributed by atoms with Crippen molar-refractivity contribution in [1.82, 2.24) is 0 Å². The summed E-state index contributed by atoms with van der Waals surface area (Å²) in [4.78, 5) is 24.0. The number of aromatic hydroxyl groups is 2. The molecule has 3 rings (SSSR count). The van der Waals surface area contributed by atoms with E-state index in [0.717, 1.165) is 6.08 Å². The summed E-state index contributed by atoms with van der Waals surface area (Å²) in [5.41, 5.74) is -1.15. The second kappa shape index (κ2) is 9.29. The molecule has 0 heterocycles. The van der Waals surface area contributed by atoms with Gasteiger partial charge in [0.05, 0.1) is 13.2 Å². The number of carboxylic acid groups (broad SMARTS) is 1. The van der Waals surface area contributed by atoms with Crippen molar-refractivity contribution >= 4 is 18.0 Å². The highest BCUT2D eigenvalue weighted by molar-refractivity contribution is 5.87. The fourth-order valence-electron chi connectivity index (χ4n) is 3.79. The second-order valence-electron chi connectivity index (χ2n) is 7.68. The minimum absolute atomic E-state index is 0.0144. The molecule has 9 heteroatoms. The van der Waals surface area contributed by atoms with Crippen molar-refractivity contribution < 1.29 is 44.6 Å². The highest BCUT2D eigenvalue weighted by Crippen LogP contribution is 2.41. The lowest BCUT2D eigenvalue weighted by Crippen LogP contribution is -2.54. The number of phenols is 2. The van der Waals surface area contributed by atoms with Crippen LogP contribution >= 0.6 is 0 Å². The van der Waals surface area contributed by atoms with Gasteiger partial charge in [0.1, 0.15) is 11.9 Å². The number of aliphatic hydroxyl groups excluding tert-OH is 1. The first-order valence-corrected chi connectivity index (χ1v) is 9.81. The number of aliphatic carboxylic acids is 1. The average molecular weight is 444 g/mol. The van der Waals surface area contributed by atoms with Crippen LogP contribution in [-0.4, -0.2) is 62.4 Å². The van der Waals surface area contributed by atoms with Crippen LogP contribution < -0.4 is 4.74 Å². The maximum Gasteiger partial charge on any atom is 0.335 e. The van der Waals surface area contributed by atoms with Crippen molar-refractivity contribution in [2.24, 2.45) is 0 Å². The molecule has 1 fully saturated rings. The van der Waals surface area contributed by atoms with Crippen molar-refractivity contribution in [2.75, 3.05) is 7.11 Å². The van der Waals surface area contributed by atoms with E-state index in [0.29, 0.717) is 11.1 Å². The van der Waals surface area contributed by atoms with E-state index in [1.807, 2.05) is 0 Å². The smallest absolute Gasteiger partial charge is 0.335 e. The number of esters is 1. The zero-order valence-corrected chi connectivity index (χ0v) is 17.2. The molecule has 0 bridgehead atoms. The second-order valence-corrected chi connectivity index (χ2v) is 7.68. The summed E-state index contributed by atoms with van der Waals surface area (Å²) in [6.45, 7) is 0. The number of rotatable bonds is 6. The molecule has 0 spiro atoms. The van der Waals surface area contributed by atoms with Gasteiger partial charge in [-0.15, -0.1) is 0 Å². The molecule has 0 saturated heterocycles. The number of hydrogen-bond donors (Lipinski definition) is 5. The van der Waals surface area contributed by atoms with Gasteiger partial charge in [0.15, 0.2) is 17.1 Å². The minimum atomic E-state index is -2.19. The molecule has 0 aromatic heterocycles. The largest absolute Gasteiger partial charge is 0.508 e. The van der Waals surface area contributed by atoms with Gasteiger partial charge in [0.2, 0.25) is 0 Å². The molecule has 5 N–H and O–H groups in total. The number of methoxy groups -OCH3 is 1. The van der Waals surface area contributed by atoms with Gasteiger partial charge in [0, 0.05) is 18.4 Å². The van der Waals surface area contributed by atoms with Gasteiger partial charge in [-0.05, 0) is 47.9 Å². The van der Waals surface area contributed by atoms with Crippen LogP contribution in [0.4, 0.5) is 0 Å². The molecule has 0 unspecified atom stereocenters. The molecule has 0 amide bonds. The highest BCUT2D eigenvalue weighted by Gasteiger charge is 2.51. The zero-order chi connectivity index (χ0) is 23.5. The monoisotopic (exact) mass is 444 g/mol. The van der Waals surface area contributed by atoms with Gasteiger partial charge in [-0.3, -0.25) is 0 Å². The molecule has 2 aromatic carbocycles. The van der Waals surface area contributed by atoms with Crippen molar-refractivity contribution in [3.05, 3.63) is 59.7 Å². The lowest BCUT2D eigenvalue weighted by molar-refractivity contribution is -0.181. The van der Waals surface area contributed by atoms with Crippen LogP contribution in [0.5, 0.6) is 17.2 Å². The number of hydrogen-bond acceptors (Lipinski definition) is 8. The quantitative estimate of drug-likeness (QED) is 0.331. The van der Waals surface area contributed by atoms with Crippen LogP contribution in [0, 0.1) is 0 Å². The van der Waals surface area contributed by atoms with E-state index in [2.05, 4.69) is 0 Å². The van der Waals surface area contributed by atoms with Gasteiger partial charge in [0.25, 0.3) is 0 Å². The predicted octanol–water partition coefficient (Wildman–Crippen LogP) is 1.79. The van der Waals surface area contributed by atoms with Gasteiger partial charge in [-0.1, -0.05) is 18.2 Å². The maximum absolute atomic E-state index is 12.5. The zero-order valence-electron chi connectivity index (χ0n) is 17.2. The summed E-state index contributed by atoms with van der Waals surface area (Å²) >= 11 is 0. The summed E-state index contributed by atoms with van der Waals surface area (Å²) in [5, 5.41) is 49.6. The number of aliphatic hydroxyl groups is 2. The Bertz CT molecular complexity index is 1010. The molecule has 32 heavy (non-hydrogen) atoms. The lowest BCUT2D eigenvalue weighted by atomic mass is 9.72. The van der Waals surface area contributed by atoms with E-state index in [9.17, 15) is 35.1 Å². The first-order chi connectivity index (χ1) is 15.1. The number of carbonyl (C=O) groups is 2. The Morgan fingerprint density at radius 1 is 1.09 bits per heavy atom. The van der Waals surface area contributed by atoms with E-state index in [1.165, 1.54) is 49.6 Å². The summed E-state index contributed by atoms with van der Waals surface area (Å²) in [7, 11) is 1.39. The molecule has 9 nitrogen and oxygen atoms in total. The fraction of sp³-hybridized carbons (Fsp3) is 0.304. The van der Waals surface area contributed by atoms with Crippen LogP contribution in [0.15, 0.2) is 48.5 Å². The SMILES string of the molecule is COc1cc(/C=C/C(=O)O[C@H]2[C@@H](c3ccc(O)cc3)C[C@](O)(C(=O)O)C[C@@H]2O)ccc1O. The molecule has 1 aliphatic rings. The fourth-order valence-corrected chi connectivity index (χ4v) is 3.79. The van der Waals surface area contributed by atoms with Crippen LogP contribution in [0.3, 0.4) is 0 Å². The summed E-state index contributed by atoms with van der Waals surface area (Å²) in [6, 6.07) is 10.3. The molecule has 0 aliphatic heterocycles. The first kappa shape index (κ1) is 23.1. The standard InChI is InChI=1S/C23H24O9/c1-31-19-10-13(2-8-17(19)25)3-9-20(27)32-21-16(14-4-6-15(24)7-5-14)11-23(30,22(28)29)12-18(21)26/h2-10,16,18,21,24-26,30H,11-12H2,1H3,(H,28,29)/b9-3+/t16-,18+,21+,23-/m1/s1. The van der Waals surface area contributed by atoms with E-state index in [1.54, 1.807) is 6.07 Å². The summed E-state index contributed by atoms with van der Waals surface area (Å²) in [6.07, 6.45) is -0.789. The predicted molar refractivity (Wildman–Crippen MR) is 112 cm³/mol. The molecular formula is C23H24O9. The number of benzene rings is 2. The van der Waals surface area contributed by atoms with E-state index in [-0.39, 0.29) is 23.7 Å². The Morgan fingerprint density at radius 2 is 1.78 bits per heavy atom. The molecule has 1 aliphatic carbocycles. The third-order valence-electron chi connectivity index (χ3n) is 5.47. The van der Waals surface area contributed by atoms with Crippen LogP contribution in [0.1, 0.15) is 29.9 Å². The summed E-state index contributed by atoms with van der Waals surface area (Å²) < 4.78 is 10.5. The van der Waals surface area contributed by atoms with E-state index >= 15 is 0 Å². The minimum Gasteiger partial charge on any atom is -0.508 e. The Balaban J connectivity index is 1.82. The van der Waals surface area contributed by atoms with Gasteiger partial charge >= 0.3 is 11.9 Å². The van der Waals surface area contributed by atoms with Crippen LogP contribution in [-0.2, 0) is 14.3 Å². The molecule has 1 saturated carbocycles. The number of carboxylic acids is 1. The topological polar surface area (TPSA) is 154 Å². The average Bonchev–Trinajstić information content (AvgIpc) is 2.75. The van der Waals surface area contributed by atoms with Crippen molar-refractivity contribution in [1.29, 1.82) is 0 Å². The third kappa shape index (κ3) is 5.01. The Kier molecular flexibility index (Phi) is 6.71. The first-order valence-electron chi connectivity index (χ1n) is 9.81. The molecule has 170 valence electrons. The number of ether oxygens (including phenoxy) is 2. The molecular weight excluding hydrogens is 420 g/mol. The normalized spacial score (nSPS) is 25.4. The Hall–Kier alpha value is -3.56. The Morgan fingerprint density at radius 3 is 2.41 bits per heavy atom. The third-order valence-corrected chi connectivity index (χ3v) is 5.47. The number of phenolic OH excluding ortho intramolecular Hbond substituents is 2. The highest BCUT2D eigenvalue weighted by atomic mass is 16.6. The lowest BCUT2D eigenvalue weighted by Gasteiger charge is -2.41. The maximum atomic E-state index is 12.5. The molecule has 4 atom stereocenters. The molecule has 0 radical (unpaired) electrons. The van der Waals surface area contributed by atoms with Crippen LogP contribution in [0.2, 0.25) is 0 Å². The van der Waals surface area contributed by atoms with Gasteiger partial charge in [-0.25, -0.2) is 9.59 Å². The van der Waals surface area contributed by atoms with Gasteiger partial charge < -0.3 is 35.0 Å². The van der Waals surface area contributed by atoms with E-state index < -0.39 is 42.1 Å². The Labute approximate surface area is 183 Å². The summed E-state index contributed by atoms with van der Waals surface area (Å²) in [5.74, 6) is -2.94. The van der Waals surface area contributed by atoms with Crippen molar-refractivity contribution in [3.63, 3.8) is 0 Å². The van der Waals surface area contributed by atoms with Gasteiger partial charge in [-0.2, -0.15) is 0 Å². The van der Waals surface area contributed by atoms with Crippen molar-refractivity contribution in [2.45, 2.75) is 36.6 Å². The number of carbonyl (C=O) groups excluding carboxylic acids is 1. The van der Waals surface area contributed by atoms with Crippen LogP contribution in [0.25, 0.3) is 6.08 Å².